The molecule has 0 saturated carbocycles. The van der Waals surface area contributed by atoms with E-state index in [4.69, 9.17) is 9.47 Å². The van der Waals surface area contributed by atoms with Crippen molar-refractivity contribution in [3.8, 4) is 11.5 Å². The number of amides is 2. The third-order valence-electron chi connectivity index (χ3n) is 3.69. The molecule has 1 aromatic carbocycles. The van der Waals surface area contributed by atoms with Crippen molar-refractivity contribution in [1.82, 2.24) is 4.90 Å². The van der Waals surface area contributed by atoms with E-state index in [-0.39, 0.29) is 11.8 Å². The Balaban J connectivity index is 2.14. The molecule has 0 fully saturated rings. The van der Waals surface area contributed by atoms with E-state index in [1.165, 1.54) is 18.3 Å². The minimum absolute atomic E-state index is 0.0676. The molecule has 0 radical (unpaired) electrons. The lowest BCUT2D eigenvalue weighted by Crippen LogP contribution is -2.29. The van der Waals surface area contributed by atoms with E-state index < -0.39 is 0 Å². The Morgan fingerprint density at radius 2 is 1.92 bits per heavy atom. The molecule has 2 aromatic rings. The topological polar surface area (TPSA) is 67.9 Å². The van der Waals surface area contributed by atoms with Crippen LogP contribution < -0.4 is 14.8 Å². The Bertz CT molecular complexity index is 773. The predicted octanol–water partition coefficient (Wildman–Crippen LogP) is 3.78. The molecule has 2 rings (SSSR count). The highest BCUT2D eigenvalue weighted by Crippen LogP contribution is 2.29. The van der Waals surface area contributed by atoms with Gasteiger partial charge in [0, 0.05) is 20.0 Å². The Morgan fingerprint density at radius 1 is 1.15 bits per heavy atom. The monoisotopic (exact) mass is 376 g/mol. The Kier molecular flexibility index (Phi) is 7.03. The largest absolute Gasteiger partial charge is 0.493 e. The molecule has 26 heavy (non-hydrogen) atoms. The molecule has 0 bridgehead atoms. The van der Waals surface area contributed by atoms with Crippen LogP contribution in [-0.4, -0.2) is 37.0 Å². The lowest BCUT2D eigenvalue weighted by Gasteiger charge is -2.21. The van der Waals surface area contributed by atoms with Crippen molar-refractivity contribution in [3.63, 3.8) is 0 Å². The fourth-order valence-corrected chi connectivity index (χ4v) is 3.40. The van der Waals surface area contributed by atoms with Crippen molar-refractivity contribution < 1.29 is 19.1 Å². The van der Waals surface area contributed by atoms with Crippen molar-refractivity contribution in [2.75, 3.05) is 25.6 Å². The van der Waals surface area contributed by atoms with Gasteiger partial charge in [0.1, 0.15) is 0 Å². The Labute approximate surface area is 157 Å². The number of thiophene rings is 1. The van der Waals surface area contributed by atoms with Gasteiger partial charge in [0.25, 0.3) is 5.91 Å². The van der Waals surface area contributed by atoms with E-state index in [1.807, 2.05) is 32.0 Å². The predicted molar refractivity (Wildman–Crippen MR) is 103 cm³/mol. The Morgan fingerprint density at radius 3 is 2.54 bits per heavy atom. The average molecular weight is 376 g/mol. The molecule has 1 heterocycles. The van der Waals surface area contributed by atoms with Crippen LogP contribution in [0.5, 0.6) is 11.5 Å². The first-order valence-electron chi connectivity index (χ1n) is 8.44. The second-order valence-electron chi connectivity index (χ2n) is 5.58. The first-order chi connectivity index (χ1) is 12.5. The Hall–Kier alpha value is -2.54. The van der Waals surface area contributed by atoms with Crippen LogP contribution in [0.4, 0.5) is 5.00 Å². The highest BCUT2D eigenvalue weighted by molar-refractivity contribution is 7.18. The maximum Gasteiger partial charge on any atom is 0.264 e. The third-order valence-corrected chi connectivity index (χ3v) is 4.67. The summed E-state index contributed by atoms with van der Waals surface area (Å²) in [6, 6.07) is 9.15. The molecule has 0 aliphatic rings. The van der Waals surface area contributed by atoms with E-state index in [0.717, 1.165) is 5.56 Å². The van der Waals surface area contributed by atoms with Crippen LogP contribution in [0.15, 0.2) is 30.3 Å². The molecule has 1 aromatic heterocycles. The maximum atomic E-state index is 12.8. The number of nitrogens with one attached hydrogen (secondary N) is 1. The van der Waals surface area contributed by atoms with Gasteiger partial charge in [0.15, 0.2) is 11.5 Å². The number of carbonyl (C=O) groups excluding carboxylic acids is 2. The number of hydrogen-bond acceptors (Lipinski definition) is 5. The molecule has 0 saturated heterocycles. The fourth-order valence-electron chi connectivity index (χ4n) is 2.48. The summed E-state index contributed by atoms with van der Waals surface area (Å²) < 4.78 is 10.9. The number of carbonyl (C=O) groups is 2. The van der Waals surface area contributed by atoms with E-state index in [1.54, 1.807) is 24.1 Å². The molecule has 2 amide bonds. The summed E-state index contributed by atoms with van der Waals surface area (Å²) in [6.07, 6.45) is 0. The number of hydrogen-bond donors (Lipinski definition) is 1. The average Bonchev–Trinajstić information content (AvgIpc) is 3.08. The molecular formula is C19H24N2O4S. The van der Waals surface area contributed by atoms with Crippen LogP contribution in [0.3, 0.4) is 0 Å². The number of nitrogens with zero attached hydrogens (tertiary/aromatic N) is 1. The summed E-state index contributed by atoms with van der Waals surface area (Å²) in [6.45, 7) is 6.89. The molecule has 0 atom stereocenters. The molecule has 0 unspecified atom stereocenters. The lowest BCUT2D eigenvalue weighted by molar-refractivity contribution is -0.114. The van der Waals surface area contributed by atoms with E-state index in [9.17, 15) is 9.59 Å². The summed E-state index contributed by atoms with van der Waals surface area (Å²) in [5.41, 5.74) is 0.958. The first-order valence-corrected chi connectivity index (χ1v) is 9.26. The van der Waals surface area contributed by atoms with Crippen molar-refractivity contribution in [3.05, 3.63) is 40.8 Å². The van der Waals surface area contributed by atoms with Gasteiger partial charge in [-0.3, -0.25) is 9.59 Å². The fraction of sp³-hybridized carbons (Fsp3) is 0.368. The second-order valence-corrected chi connectivity index (χ2v) is 6.67. The van der Waals surface area contributed by atoms with Gasteiger partial charge in [-0.2, -0.15) is 0 Å². The molecule has 140 valence electrons. The minimum Gasteiger partial charge on any atom is -0.493 e. The second kappa shape index (κ2) is 9.24. The van der Waals surface area contributed by atoms with Crippen LogP contribution in [-0.2, 0) is 11.3 Å². The van der Waals surface area contributed by atoms with E-state index in [0.29, 0.717) is 41.1 Å². The maximum absolute atomic E-state index is 12.8. The summed E-state index contributed by atoms with van der Waals surface area (Å²) in [4.78, 5) is 26.2. The number of methoxy groups -OCH3 is 1. The van der Waals surface area contributed by atoms with Crippen LogP contribution in [0.2, 0.25) is 0 Å². The number of benzene rings is 1. The number of ether oxygens (including phenoxy) is 2. The number of anilines is 1. The number of rotatable bonds is 8. The third kappa shape index (κ3) is 4.98. The van der Waals surface area contributed by atoms with Gasteiger partial charge < -0.3 is 19.7 Å². The summed E-state index contributed by atoms with van der Waals surface area (Å²) >= 11 is 1.27. The van der Waals surface area contributed by atoms with Gasteiger partial charge in [0.05, 0.1) is 23.6 Å². The van der Waals surface area contributed by atoms with E-state index in [2.05, 4.69) is 5.32 Å². The van der Waals surface area contributed by atoms with Crippen molar-refractivity contribution in [2.24, 2.45) is 0 Å². The van der Waals surface area contributed by atoms with Crippen molar-refractivity contribution in [1.29, 1.82) is 0 Å². The van der Waals surface area contributed by atoms with Gasteiger partial charge >= 0.3 is 0 Å². The van der Waals surface area contributed by atoms with Crippen LogP contribution in [0.1, 0.15) is 36.0 Å². The van der Waals surface area contributed by atoms with Crippen LogP contribution in [0.25, 0.3) is 0 Å². The van der Waals surface area contributed by atoms with Gasteiger partial charge in [-0.25, -0.2) is 0 Å². The zero-order valence-corrected chi connectivity index (χ0v) is 16.3. The molecule has 0 aliphatic heterocycles. The van der Waals surface area contributed by atoms with Gasteiger partial charge in [-0.1, -0.05) is 6.07 Å². The van der Waals surface area contributed by atoms with Crippen molar-refractivity contribution in [2.45, 2.75) is 27.3 Å². The summed E-state index contributed by atoms with van der Waals surface area (Å²) in [7, 11) is 1.60. The standard InChI is InChI=1S/C19H24N2O4S/c1-5-21(19(23)17-9-10-18(26-17)20-13(3)22)12-14-7-8-15(25-6-2)16(11-14)24-4/h7-11H,5-6,12H2,1-4H3,(H,20,22). The highest BCUT2D eigenvalue weighted by Gasteiger charge is 2.18. The summed E-state index contributed by atoms with van der Waals surface area (Å²) in [5, 5.41) is 3.36. The quantitative estimate of drug-likeness (QED) is 0.761. The van der Waals surface area contributed by atoms with E-state index >= 15 is 0 Å². The minimum atomic E-state index is -0.153. The highest BCUT2D eigenvalue weighted by atomic mass is 32.1. The zero-order chi connectivity index (χ0) is 19.1. The first kappa shape index (κ1) is 19.8. The zero-order valence-electron chi connectivity index (χ0n) is 15.5. The molecule has 0 aliphatic carbocycles. The smallest absolute Gasteiger partial charge is 0.264 e. The van der Waals surface area contributed by atoms with Gasteiger partial charge in [-0.15, -0.1) is 11.3 Å². The van der Waals surface area contributed by atoms with Crippen LogP contribution in [0, 0.1) is 0 Å². The normalized spacial score (nSPS) is 10.3. The van der Waals surface area contributed by atoms with Crippen molar-refractivity contribution >= 4 is 28.2 Å². The van der Waals surface area contributed by atoms with Gasteiger partial charge in [-0.05, 0) is 43.7 Å². The molecule has 1 N–H and O–H groups in total. The molecule has 7 heteroatoms. The lowest BCUT2D eigenvalue weighted by atomic mass is 10.2. The molecule has 0 spiro atoms. The SMILES string of the molecule is CCOc1ccc(CN(CC)C(=O)c2ccc(NC(C)=O)s2)cc1OC. The van der Waals surface area contributed by atoms with Crippen LogP contribution >= 0.6 is 11.3 Å². The van der Waals surface area contributed by atoms with Gasteiger partial charge in [0.2, 0.25) is 5.91 Å². The molecular weight excluding hydrogens is 352 g/mol. The summed E-state index contributed by atoms with van der Waals surface area (Å²) in [5.74, 6) is 1.12. The molecule has 6 nitrogen and oxygen atoms in total.